The van der Waals surface area contributed by atoms with Gasteiger partial charge in [-0.1, -0.05) is 48.0 Å². The molecule has 0 aliphatic carbocycles. The third-order valence-corrected chi connectivity index (χ3v) is 9.19. The highest BCUT2D eigenvalue weighted by molar-refractivity contribution is 7.85. The van der Waals surface area contributed by atoms with E-state index >= 15 is 4.39 Å². The molecule has 7 rings (SSSR count). The summed E-state index contributed by atoms with van der Waals surface area (Å²) in [6.45, 7) is 5.54. The number of fused-ring (bicyclic) bond motifs is 4. The van der Waals surface area contributed by atoms with E-state index in [1.807, 2.05) is 75.4 Å². The number of benzene rings is 4. The lowest BCUT2D eigenvalue weighted by Gasteiger charge is -2.16. The molecule has 240 valence electrons. The second-order valence-corrected chi connectivity index (χ2v) is 13.4. The molecule has 0 saturated carbocycles. The molecule has 0 unspecified atom stereocenters. The second kappa shape index (κ2) is 12.2. The molecular formula is C37H30FN5O4S. The van der Waals surface area contributed by atoms with Crippen LogP contribution >= 0.6 is 0 Å². The maximum absolute atomic E-state index is 15.3. The lowest BCUT2D eigenvalue weighted by Crippen LogP contribution is -2.21. The van der Waals surface area contributed by atoms with E-state index in [1.165, 1.54) is 22.8 Å². The molecule has 4 aromatic carbocycles. The van der Waals surface area contributed by atoms with Crippen LogP contribution in [0.5, 0.6) is 0 Å². The Kier molecular flexibility index (Phi) is 8.16. The molecular weight excluding hydrogens is 630 g/mol. The smallest absolute Gasteiger partial charge is 0.293 e. The minimum atomic E-state index is -4.02. The van der Waals surface area contributed by atoms with Gasteiger partial charge in [0.15, 0.2) is 0 Å². The average Bonchev–Trinajstić information content (AvgIpc) is 3.33. The summed E-state index contributed by atoms with van der Waals surface area (Å²) in [7, 11) is -2.33. The molecule has 3 heterocycles. The highest BCUT2D eigenvalue weighted by atomic mass is 32.2. The van der Waals surface area contributed by atoms with Gasteiger partial charge in [0.1, 0.15) is 5.82 Å². The van der Waals surface area contributed by atoms with E-state index < -0.39 is 21.4 Å². The zero-order valence-corrected chi connectivity index (χ0v) is 27.3. The number of nitriles is 1. The van der Waals surface area contributed by atoms with Crippen LogP contribution in [-0.4, -0.2) is 32.1 Å². The van der Waals surface area contributed by atoms with Gasteiger partial charge in [-0.25, -0.2) is 9.18 Å². The third kappa shape index (κ3) is 5.95. The van der Waals surface area contributed by atoms with Gasteiger partial charge in [-0.2, -0.15) is 13.7 Å². The highest BCUT2D eigenvalue weighted by Gasteiger charge is 2.22. The minimum absolute atomic E-state index is 0.0666. The van der Waals surface area contributed by atoms with Gasteiger partial charge in [-0.05, 0) is 68.8 Å². The Bertz CT molecular complexity index is 2570. The first-order chi connectivity index (χ1) is 22.8. The zero-order valence-electron chi connectivity index (χ0n) is 26.5. The number of halogens is 1. The first-order valence-electron chi connectivity index (χ1n) is 14.9. The largest absolute Gasteiger partial charge is 0.333 e. The molecule has 3 aromatic heterocycles. The number of pyridine rings is 2. The number of para-hydroxylation sites is 1. The van der Waals surface area contributed by atoms with Crippen molar-refractivity contribution in [3.63, 3.8) is 0 Å². The predicted octanol–water partition coefficient (Wildman–Crippen LogP) is 7.27. The van der Waals surface area contributed by atoms with E-state index in [4.69, 9.17) is 4.55 Å². The molecule has 0 saturated heterocycles. The van der Waals surface area contributed by atoms with Crippen LogP contribution in [0.3, 0.4) is 0 Å². The zero-order chi connectivity index (χ0) is 34.4. The van der Waals surface area contributed by atoms with Gasteiger partial charge in [-0.3, -0.25) is 23.7 Å². The van der Waals surface area contributed by atoms with Crippen LogP contribution in [0.1, 0.15) is 25.0 Å². The lowest BCUT2D eigenvalue weighted by molar-refractivity contribution is 0.483. The van der Waals surface area contributed by atoms with Crippen LogP contribution < -0.4 is 5.69 Å². The van der Waals surface area contributed by atoms with E-state index in [-0.39, 0.29) is 10.6 Å². The van der Waals surface area contributed by atoms with Gasteiger partial charge in [0.2, 0.25) is 0 Å². The molecule has 1 N–H and O–H groups in total. The maximum Gasteiger partial charge on any atom is 0.333 e. The molecule has 0 atom stereocenters. The number of nitrogens with zero attached hydrogens (tertiary/aromatic N) is 5. The minimum Gasteiger partial charge on any atom is -0.293 e. The molecule has 7 aromatic rings. The SMILES string of the molecule is Cc1ccc(S(=O)(=O)O)cc1.Cn1c(=O)n(-c2ccc(C(C)(C)C#N)cc2)c2c3cc(-c4cnc5ccccc5c4)c(F)cc3ncc21. The van der Waals surface area contributed by atoms with Crippen LogP contribution in [0, 0.1) is 24.1 Å². The summed E-state index contributed by atoms with van der Waals surface area (Å²) in [6, 6.07) is 28.4. The van der Waals surface area contributed by atoms with Crippen molar-refractivity contribution in [1.29, 1.82) is 5.26 Å². The summed E-state index contributed by atoms with van der Waals surface area (Å²) in [5.74, 6) is -0.413. The van der Waals surface area contributed by atoms with Crippen molar-refractivity contribution in [2.45, 2.75) is 31.1 Å². The van der Waals surface area contributed by atoms with Crippen LogP contribution in [0.2, 0.25) is 0 Å². The molecule has 0 fully saturated rings. The Balaban J connectivity index is 0.000000312. The monoisotopic (exact) mass is 659 g/mol. The Labute approximate surface area is 275 Å². The fraction of sp³-hybridized carbons (Fsp3) is 0.135. The Hall–Kier alpha value is -5.70. The topological polar surface area (TPSA) is 131 Å². The van der Waals surface area contributed by atoms with E-state index in [1.54, 1.807) is 42.2 Å². The summed E-state index contributed by atoms with van der Waals surface area (Å²) in [4.78, 5) is 22.3. The molecule has 0 bridgehead atoms. The standard InChI is InChI=1S/C30H22FN5O.C7H8O3S/c1-30(2,17-32)20-8-10-21(11-9-20)36-28-23-13-22(19-12-18-6-4-5-7-25(18)33-15-19)24(31)14-26(23)34-16-27(28)35(3)29(36)37;1-6-2-4-7(5-3-6)11(8,9)10/h4-16H,1-3H3;2-5H,1H3,(H,8,9,10). The number of hydrogen-bond donors (Lipinski definition) is 1. The molecule has 0 radical (unpaired) electrons. The van der Waals surface area contributed by atoms with E-state index in [0.29, 0.717) is 38.8 Å². The summed E-state index contributed by atoms with van der Waals surface area (Å²) < 4.78 is 48.0. The number of aromatic nitrogens is 4. The fourth-order valence-corrected chi connectivity index (χ4v) is 5.98. The second-order valence-electron chi connectivity index (χ2n) is 12.0. The fourth-order valence-electron chi connectivity index (χ4n) is 5.50. The lowest BCUT2D eigenvalue weighted by atomic mass is 9.86. The van der Waals surface area contributed by atoms with E-state index in [9.17, 15) is 18.5 Å². The normalized spacial score (nSPS) is 11.8. The van der Waals surface area contributed by atoms with E-state index in [0.717, 1.165) is 22.0 Å². The molecule has 48 heavy (non-hydrogen) atoms. The van der Waals surface area contributed by atoms with Crippen molar-refractivity contribution >= 4 is 43.0 Å². The predicted molar refractivity (Wildman–Crippen MR) is 184 cm³/mol. The molecule has 0 amide bonds. The third-order valence-electron chi connectivity index (χ3n) is 8.32. The first-order valence-corrected chi connectivity index (χ1v) is 16.3. The number of imidazole rings is 1. The Morgan fingerprint density at radius 3 is 2.23 bits per heavy atom. The van der Waals surface area contributed by atoms with Gasteiger partial charge < -0.3 is 0 Å². The summed E-state index contributed by atoms with van der Waals surface area (Å²) in [5.41, 5.74) is 5.14. The molecule has 11 heteroatoms. The Morgan fingerprint density at radius 1 is 0.896 bits per heavy atom. The summed E-state index contributed by atoms with van der Waals surface area (Å²) in [6.07, 6.45) is 3.26. The van der Waals surface area contributed by atoms with Gasteiger partial charge in [-0.15, -0.1) is 0 Å². The average molecular weight is 660 g/mol. The number of hydrogen-bond acceptors (Lipinski definition) is 6. The van der Waals surface area contributed by atoms with Crippen molar-refractivity contribution in [2.75, 3.05) is 0 Å². The quantitative estimate of drug-likeness (QED) is 0.197. The van der Waals surface area contributed by atoms with Crippen molar-refractivity contribution in [1.82, 2.24) is 19.1 Å². The maximum atomic E-state index is 15.3. The molecule has 0 spiro atoms. The molecule has 0 aliphatic rings. The van der Waals surface area contributed by atoms with Crippen LogP contribution in [0.4, 0.5) is 4.39 Å². The van der Waals surface area contributed by atoms with Crippen LogP contribution in [0.25, 0.3) is 49.7 Å². The van der Waals surface area contributed by atoms with Gasteiger partial charge in [0.25, 0.3) is 10.1 Å². The van der Waals surface area contributed by atoms with Crippen molar-refractivity contribution < 1.29 is 17.4 Å². The van der Waals surface area contributed by atoms with Crippen LogP contribution in [0.15, 0.2) is 113 Å². The van der Waals surface area contributed by atoms with Crippen molar-refractivity contribution in [3.8, 4) is 22.9 Å². The van der Waals surface area contributed by atoms with Gasteiger partial charge in [0, 0.05) is 41.2 Å². The molecule has 9 nitrogen and oxygen atoms in total. The van der Waals surface area contributed by atoms with Gasteiger partial charge >= 0.3 is 5.69 Å². The highest BCUT2D eigenvalue weighted by Crippen LogP contribution is 2.33. The summed E-state index contributed by atoms with van der Waals surface area (Å²) in [5, 5.41) is 11.1. The van der Waals surface area contributed by atoms with Gasteiger partial charge in [0.05, 0.1) is 50.3 Å². The number of aryl methyl sites for hydroxylation is 2. The summed E-state index contributed by atoms with van der Waals surface area (Å²) >= 11 is 0. The number of rotatable bonds is 4. The molecule has 0 aliphatic heterocycles. The Morgan fingerprint density at radius 2 is 1.56 bits per heavy atom. The van der Waals surface area contributed by atoms with Crippen molar-refractivity contribution in [3.05, 3.63) is 131 Å². The van der Waals surface area contributed by atoms with E-state index in [2.05, 4.69) is 16.0 Å². The van der Waals surface area contributed by atoms with Crippen LogP contribution in [-0.2, 0) is 22.6 Å². The van der Waals surface area contributed by atoms with Crippen molar-refractivity contribution in [2.24, 2.45) is 7.05 Å². The first kappa shape index (κ1) is 32.2.